The number of para-hydroxylation sites is 2. The largest absolute Gasteiger partial charge is 0.385 e. The van der Waals surface area contributed by atoms with Crippen molar-refractivity contribution in [2.24, 2.45) is 0 Å². The topological polar surface area (TPSA) is 67.2 Å². The molecular formula is C19H21N3O2. The maximum atomic E-state index is 12.4. The number of nitrogens with one attached hydrogen (secondary N) is 1. The molecular weight excluding hydrogens is 302 g/mol. The van der Waals surface area contributed by atoms with E-state index in [9.17, 15) is 9.90 Å². The van der Waals surface area contributed by atoms with Gasteiger partial charge in [-0.1, -0.05) is 31.2 Å². The summed E-state index contributed by atoms with van der Waals surface area (Å²) in [5.41, 5.74) is 3.60. The molecule has 1 unspecified atom stereocenters. The minimum atomic E-state index is -0.742. The minimum absolute atomic E-state index is 0.107. The summed E-state index contributed by atoms with van der Waals surface area (Å²) in [5.74, 6) is 0.344. The summed E-state index contributed by atoms with van der Waals surface area (Å²) in [6, 6.07) is 15.4. The maximum Gasteiger partial charge on any atom is 0.244 e. The fraction of sp³-hybridized carbons (Fsp3) is 0.263. The van der Waals surface area contributed by atoms with E-state index in [1.807, 2.05) is 48.5 Å². The summed E-state index contributed by atoms with van der Waals surface area (Å²) in [5, 5.41) is 12.8. The second-order valence-corrected chi connectivity index (χ2v) is 5.82. The monoisotopic (exact) mass is 323 g/mol. The predicted molar refractivity (Wildman–Crippen MR) is 94.8 cm³/mol. The lowest BCUT2D eigenvalue weighted by Gasteiger charge is -2.11. The highest BCUT2D eigenvalue weighted by molar-refractivity contribution is 5.91. The van der Waals surface area contributed by atoms with Crippen LogP contribution in [0.1, 0.15) is 31.3 Å². The van der Waals surface area contributed by atoms with E-state index in [0.717, 1.165) is 23.1 Å². The van der Waals surface area contributed by atoms with Crippen LogP contribution in [-0.4, -0.2) is 20.6 Å². The molecule has 0 saturated carbocycles. The van der Waals surface area contributed by atoms with Crippen LogP contribution in [0.3, 0.4) is 0 Å². The predicted octanol–water partition coefficient (Wildman–Crippen LogP) is 3.29. The van der Waals surface area contributed by atoms with Crippen molar-refractivity contribution >= 4 is 22.6 Å². The fourth-order valence-electron chi connectivity index (χ4n) is 2.75. The number of aliphatic hydroxyl groups excluding tert-OH is 1. The number of fused-ring (bicyclic) bond motifs is 1. The highest BCUT2D eigenvalue weighted by Gasteiger charge is 2.16. The Balaban J connectivity index is 1.83. The lowest BCUT2D eigenvalue weighted by atomic mass is 10.1. The van der Waals surface area contributed by atoms with Gasteiger partial charge in [-0.2, -0.15) is 0 Å². The molecule has 0 fully saturated rings. The van der Waals surface area contributed by atoms with Crippen molar-refractivity contribution in [3.05, 3.63) is 59.9 Å². The molecule has 1 atom stereocenters. The third-order valence-electron chi connectivity index (χ3n) is 4.01. The van der Waals surface area contributed by atoms with Gasteiger partial charge in [0.25, 0.3) is 0 Å². The van der Waals surface area contributed by atoms with E-state index in [-0.39, 0.29) is 12.5 Å². The highest BCUT2D eigenvalue weighted by Crippen LogP contribution is 2.21. The number of hydrogen-bond acceptors (Lipinski definition) is 3. The summed E-state index contributed by atoms with van der Waals surface area (Å²) in [7, 11) is 0. The molecule has 5 heteroatoms. The van der Waals surface area contributed by atoms with Crippen molar-refractivity contribution in [3.63, 3.8) is 0 Å². The van der Waals surface area contributed by atoms with Crippen LogP contribution in [0.25, 0.3) is 11.0 Å². The average Bonchev–Trinajstić information content (AvgIpc) is 2.94. The van der Waals surface area contributed by atoms with Crippen molar-refractivity contribution in [3.8, 4) is 0 Å². The lowest BCUT2D eigenvalue weighted by molar-refractivity contribution is -0.116. The van der Waals surface area contributed by atoms with Gasteiger partial charge in [0.15, 0.2) is 0 Å². The van der Waals surface area contributed by atoms with Crippen LogP contribution < -0.4 is 5.32 Å². The number of imidazole rings is 1. The first kappa shape index (κ1) is 16.2. The van der Waals surface area contributed by atoms with E-state index in [4.69, 9.17) is 0 Å². The van der Waals surface area contributed by atoms with Gasteiger partial charge in [0.1, 0.15) is 18.5 Å². The van der Waals surface area contributed by atoms with E-state index >= 15 is 0 Å². The zero-order valence-electron chi connectivity index (χ0n) is 13.9. The van der Waals surface area contributed by atoms with Crippen LogP contribution in [0.2, 0.25) is 0 Å². The molecule has 0 spiro atoms. The zero-order chi connectivity index (χ0) is 17.1. The first-order valence-electron chi connectivity index (χ1n) is 8.10. The summed E-state index contributed by atoms with van der Waals surface area (Å²) < 4.78 is 1.76. The van der Waals surface area contributed by atoms with Gasteiger partial charge in [-0.3, -0.25) is 4.79 Å². The molecule has 2 N–H and O–H groups in total. The second kappa shape index (κ2) is 6.84. The standard InChI is InChI=1S/C19H21N3O2/c1-3-14-8-10-15(11-9-14)20-18(24)12-22-17-7-5-4-6-16(17)21-19(22)13(2)23/h4-11,13,23H,3,12H2,1-2H3,(H,20,24). The zero-order valence-corrected chi connectivity index (χ0v) is 13.9. The normalized spacial score (nSPS) is 12.3. The van der Waals surface area contributed by atoms with Crippen LogP contribution >= 0.6 is 0 Å². The van der Waals surface area contributed by atoms with Gasteiger partial charge in [0.2, 0.25) is 5.91 Å². The number of anilines is 1. The van der Waals surface area contributed by atoms with E-state index in [1.54, 1.807) is 11.5 Å². The highest BCUT2D eigenvalue weighted by atomic mass is 16.3. The number of rotatable bonds is 5. The number of aliphatic hydroxyl groups is 1. The average molecular weight is 323 g/mol. The van der Waals surface area contributed by atoms with E-state index in [1.165, 1.54) is 5.56 Å². The molecule has 0 bridgehead atoms. The SMILES string of the molecule is CCc1ccc(NC(=O)Cn2c(C(C)O)nc3ccccc32)cc1. The van der Waals surface area contributed by atoms with Crippen LogP contribution in [0.15, 0.2) is 48.5 Å². The molecule has 0 radical (unpaired) electrons. The first-order chi connectivity index (χ1) is 11.6. The maximum absolute atomic E-state index is 12.4. The Kier molecular flexibility index (Phi) is 4.62. The molecule has 0 aliphatic heterocycles. The van der Waals surface area contributed by atoms with Gasteiger partial charge < -0.3 is 15.0 Å². The molecule has 0 aliphatic rings. The second-order valence-electron chi connectivity index (χ2n) is 5.82. The molecule has 124 valence electrons. The number of carbonyl (C=O) groups excluding carboxylic acids is 1. The third kappa shape index (κ3) is 3.31. The molecule has 0 saturated heterocycles. The van der Waals surface area contributed by atoms with Crippen molar-refractivity contribution in [1.29, 1.82) is 0 Å². The molecule has 24 heavy (non-hydrogen) atoms. The van der Waals surface area contributed by atoms with Crippen molar-refractivity contribution in [2.75, 3.05) is 5.32 Å². The number of aromatic nitrogens is 2. The van der Waals surface area contributed by atoms with Crippen molar-refractivity contribution < 1.29 is 9.90 Å². The van der Waals surface area contributed by atoms with Gasteiger partial charge in [-0.05, 0) is 43.2 Å². The molecule has 3 rings (SSSR count). The van der Waals surface area contributed by atoms with Crippen molar-refractivity contribution in [2.45, 2.75) is 32.9 Å². The number of benzene rings is 2. The number of aryl methyl sites for hydroxylation is 1. The first-order valence-corrected chi connectivity index (χ1v) is 8.10. The summed E-state index contributed by atoms with van der Waals surface area (Å²) in [4.78, 5) is 16.8. The Labute approximate surface area is 141 Å². The van der Waals surface area contributed by atoms with Crippen LogP contribution in [0.4, 0.5) is 5.69 Å². The van der Waals surface area contributed by atoms with Crippen LogP contribution in [0.5, 0.6) is 0 Å². The molecule has 1 aromatic heterocycles. The molecule has 1 heterocycles. The van der Waals surface area contributed by atoms with Crippen LogP contribution in [0, 0.1) is 0 Å². The Bertz CT molecular complexity index is 851. The van der Waals surface area contributed by atoms with Gasteiger partial charge in [0.05, 0.1) is 11.0 Å². The number of amides is 1. The van der Waals surface area contributed by atoms with Gasteiger partial charge in [-0.15, -0.1) is 0 Å². The van der Waals surface area contributed by atoms with Gasteiger partial charge in [-0.25, -0.2) is 4.98 Å². The van der Waals surface area contributed by atoms with Crippen LogP contribution in [-0.2, 0) is 17.8 Å². The quantitative estimate of drug-likeness (QED) is 0.757. The van der Waals surface area contributed by atoms with Gasteiger partial charge in [0, 0.05) is 5.69 Å². The van der Waals surface area contributed by atoms with E-state index in [2.05, 4.69) is 17.2 Å². The fourth-order valence-corrected chi connectivity index (χ4v) is 2.75. The molecule has 3 aromatic rings. The van der Waals surface area contributed by atoms with Crippen molar-refractivity contribution in [1.82, 2.24) is 9.55 Å². The smallest absolute Gasteiger partial charge is 0.244 e. The number of carbonyl (C=O) groups is 1. The van der Waals surface area contributed by atoms with E-state index < -0.39 is 6.10 Å². The Morgan fingerprint density at radius 3 is 2.58 bits per heavy atom. The summed E-state index contributed by atoms with van der Waals surface area (Å²) >= 11 is 0. The molecule has 1 amide bonds. The Morgan fingerprint density at radius 2 is 1.92 bits per heavy atom. The number of nitrogens with zero attached hydrogens (tertiary/aromatic N) is 2. The third-order valence-corrected chi connectivity index (χ3v) is 4.01. The summed E-state index contributed by atoms with van der Waals surface area (Å²) in [6.45, 7) is 3.85. The summed E-state index contributed by atoms with van der Waals surface area (Å²) in [6.07, 6.45) is 0.224. The molecule has 2 aromatic carbocycles. The molecule has 0 aliphatic carbocycles. The van der Waals surface area contributed by atoms with Gasteiger partial charge >= 0.3 is 0 Å². The Morgan fingerprint density at radius 1 is 1.21 bits per heavy atom. The Hall–Kier alpha value is -2.66. The van der Waals surface area contributed by atoms with E-state index in [0.29, 0.717) is 5.82 Å². The minimum Gasteiger partial charge on any atom is -0.385 e. The molecule has 5 nitrogen and oxygen atoms in total. The number of hydrogen-bond donors (Lipinski definition) is 2. The lowest BCUT2D eigenvalue weighted by Crippen LogP contribution is -2.20.